The van der Waals surface area contributed by atoms with Gasteiger partial charge in [0.15, 0.2) is 5.11 Å². The molecule has 0 atom stereocenters. The molecule has 0 fully saturated rings. The van der Waals surface area contributed by atoms with Crippen LogP contribution < -0.4 is 14.8 Å². The molecule has 0 unspecified atom stereocenters. The molecular formula is C21H36N2O2S. The number of hydrogen-bond acceptors (Lipinski definition) is 3. The first-order chi connectivity index (χ1) is 12.7. The van der Waals surface area contributed by atoms with E-state index in [1.165, 1.54) is 51.4 Å². The highest BCUT2D eigenvalue weighted by molar-refractivity contribution is 7.80. The Morgan fingerprint density at radius 1 is 0.923 bits per heavy atom. The molecule has 4 nitrogen and oxygen atoms in total. The zero-order valence-electron chi connectivity index (χ0n) is 17.0. The van der Waals surface area contributed by atoms with E-state index in [1.807, 2.05) is 18.2 Å². The van der Waals surface area contributed by atoms with Crippen LogP contribution in [-0.4, -0.2) is 37.3 Å². The molecule has 0 radical (unpaired) electrons. The summed E-state index contributed by atoms with van der Waals surface area (Å²) in [5.41, 5.74) is 0.880. The van der Waals surface area contributed by atoms with Crippen LogP contribution in [0.5, 0.6) is 11.5 Å². The van der Waals surface area contributed by atoms with Crippen LogP contribution in [0, 0.1) is 0 Å². The summed E-state index contributed by atoms with van der Waals surface area (Å²) in [6.07, 6.45) is 9.97. The molecule has 0 heterocycles. The summed E-state index contributed by atoms with van der Waals surface area (Å²) in [6, 6.07) is 5.74. The summed E-state index contributed by atoms with van der Waals surface area (Å²) >= 11 is 5.71. The highest BCUT2D eigenvalue weighted by atomic mass is 32.1. The van der Waals surface area contributed by atoms with Crippen molar-refractivity contribution >= 4 is 23.0 Å². The van der Waals surface area contributed by atoms with Gasteiger partial charge in [0.05, 0.1) is 19.9 Å². The zero-order chi connectivity index (χ0) is 19.2. The number of methoxy groups -OCH3 is 2. The number of benzene rings is 1. The SMILES string of the molecule is CCCCCCN(CCCCCC)C(=S)Nc1ccc(OC)cc1OC. The number of hydrogen-bond donors (Lipinski definition) is 1. The van der Waals surface area contributed by atoms with Crippen LogP contribution in [0.2, 0.25) is 0 Å². The Hall–Kier alpha value is -1.49. The Balaban J connectivity index is 2.69. The Morgan fingerprint density at radius 2 is 1.54 bits per heavy atom. The average molecular weight is 381 g/mol. The van der Waals surface area contributed by atoms with Gasteiger partial charge in [-0.05, 0) is 37.2 Å². The van der Waals surface area contributed by atoms with Gasteiger partial charge in [-0.1, -0.05) is 52.4 Å². The lowest BCUT2D eigenvalue weighted by atomic mass is 10.2. The normalized spacial score (nSPS) is 10.5. The number of unbranched alkanes of at least 4 members (excludes halogenated alkanes) is 6. The van der Waals surface area contributed by atoms with E-state index >= 15 is 0 Å². The number of nitrogens with zero attached hydrogens (tertiary/aromatic N) is 1. The van der Waals surface area contributed by atoms with E-state index in [2.05, 4.69) is 24.1 Å². The lowest BCUT2D eigenvalue weighted by Crippen LogP contribution is -2.36. The van der Waals surface area contributed by atoms with Gasteiger partial charge in [0.25, 0.3) is 0 Å². The minimum Gasteiger partial charge on any atom is -0.497 e. The molecule has 0 aliphatic heterocycles. The first-order valence-corrected chi connectivity index (χ1v) is 10.3. The summed E-state index contributed by atoms with van der Waals surface area (Å²) in [4.78, 5) is 2.31. The number of thiocarbonyl (C=S) groups is 1. The molecule has 1 aromatic carbocycles. The Kier molecular flexibility index (Phi) is 11.9. The van der Waals surface area contributed by atoms with E-state index in [4.69, 9.17) is 21.7 Å². The van der Waals surface area contributed by atoms with Crippen LogP contribution in [0.15, 0.2) is 18.2 Å². The van der Waals surface area contributed by atoms with Gasteiger partial charge in [-0.25, -0.2) is 0 Å². The molecule has 0 saturated carbocycles. The Bertz CT molecular complexity index is 511. The highest BCUT2D eigenvalue weighted by Gasteiger charge is 2.12. The van der Waals surface area contributed by atoms with Crippen molar-refractivity contribution in [1.82, 2.24) is 4.90 Å². The third-order valence-electron chi connectivity index (χ3n) is 4.50. The van der Waals surface area contributed by atoms with Gasteiger partial charge in [-0.15, -0.1) is 0 Å². The molecule has 148 valence electrons. The Morgan fingerprint density at radius 3 is 2.04 bits per heavy atom. The summed E-state index contributed by atoms with van der Waals surface area (Å²) in [6.45, 7) is 6.50. The standard InChI is InChI=1S/C21H36N2O2S/c1-5-7-9-11-15-23(16-12-10-8-6-2)21(26)22-19-14-13-18(24-3)17-20(19)25-4/h13-14,17H,5-12,15-16H2,1-4H3,(H,22,26). The number of anilines is 1. The topological polar surface area (TPSA) is 33.7 Å². The second-order valence-corrected chi connectivity index (χ2v) is 6.99. The summed E-state index contributed by atoms with van der Waals surface area (Å²) < 4.78 is 10.7. The molecule has 1 rings (SSSR count). The van der Waals surface area contributed by atoms with Crippen LogP contribution in [0.3, 0.4) is 0 Å². The van der Waals surface area contributed by atoms with Crippen molar-refractivity contribution in [2.75, 3.05) is 32.6 Å². The smallest absolute Gasteiger partial charge is 0.173 e. The van der Waals surface area contributed by atoms with Crippen LogP contribution in [0.4, 0.5) is 5.69 Å². The molecule has 5 heteroatoms. The van der Waals surface area contributed by atoms with Crippen molar-refractivity contribution in [2.45, 2.75) is 65.2 Å². The third-order valence-corrected chi connectivity index (χ3v) is 4.86. The summed E-state index contributed by atoms with van der Waals surface area (Å²) in [5.74, 6) is 1.51. The van der Waals surface area contributed by atoms with Crippen molar-refractivity contribution in [3.63, 3.8) is 0 Å². The van der Waals surface area contributed by atoms with Gasteiger partial charge in [-0.3, -0.25) is 0 Å². The molecule has 0 bridgehead atoms. The van der Waals surface area contributed by atoms with Gasteiger partial charge < -0.3 is 19.7 Å². The van der Waals surface area contributed by atoms with Gasteiger partial charge in [0, 0.05) is 19.2 Å². The van der Waals surface area contributed by atoms with E-state index in [9.17, 15) is 0 Å². The minimum atomic E-state index is 0.739. The molecule has 0 aliphatic carbocycles. The molecule has 0 spiro atoms. The maximum atomic E-state index is 5.71. The lowest BCUT2D eigenvalue weighted by Gasteiger charge is -2.26. The van der Waals surface area contributed by atoms with Crippen LogP contribution in [-0.2, 0) is 0 Å². The summed E-state index contributed by atoms with van der Waals surface area (Å²) in [7, 11) is 3.32. The first-order valence-electron chi connectivity index (χ1n) is 9.94. The predicted octanol–water partition coefficient (Wildman–Crippen LogP) is 5.86. The fourth-order valence-electron chi connectivity index (χ4n) is 2.87. The fraction of sp³-hybridized carbons (Fsp3) is 0.667. The van der Waals surface area contributed by atoms with Crippen molar-refractivity contribution in [2.24, 2.45) is 0 Å². The maximum absolute atomic E-state index is 5.71. The maximum Gasteiger partial charge on any atom is 0.173 e. The van der Waals surface area contributed by atoms with Gasteiger partial charge in [0.2, 0.25) is 0 Å². The van der Waals surface area contributed by atoms with E-state index in [-0.39, 0.29) is 0 Å². The number of rotatable bonds is 13. The highest BCUT2D eigenvalue weighted by Crippen LogP contribution is 2.29. The third kappa shape index (κ3) is 8.26. The number of nitrogens with one attached hydrogen (secondary N) is 1. The van der Waals surface area contributed by atoms with Crippen molar-refractivity contribution in [3.8, 4) is 11.5 Å². The van der Waals surface area contributed by atoms with Crippen molar-refractivity contribution in [1.29, 1.82) is 0 Å². The van der Waals surface area contributed by atoms with E-state index in [0.29, 0.717) is 0 Å². The monoisotopic (exact) mass is 380 g/mol. The van der Waals surface area contributed by atoms with E-state index in [0.717, 1.165) is 35.4 Å². The van der Waals surface area contributed by atoms with Gasteiger partial charge in [-0.2, -0.15) is 0 Å². The lowest BCUT2D eigenvalue weighted by molar-refractivity contribution is 0.389. The molecular weight excluding hydrogens is 344 g/mol. The van der Waals surface area contributed by atoms with Crippen LogP contribution in [0.1, 0.15) is 65.2 Å². The molecule has 0 amide bonds. The van der Waals surface area contributed by atoms with Crippen LogP contribution >= 0.6 is 12.2 Å². The molecule has 1 N–H and O–H groups in total. The fourth-order valence-corrected chi connectivity index (χ4v) is 3.16. The molecule has 0 saturated heterocycles. The van der Waals surface area contributed by atoms with E-state index in [1.54, 1.807) is 14.2 Å². The summed E-state index contributed by atoms with van der Waals surface area (Å²) in [5, 5.41) is 4.15. The van der Waals surface area contributed by atoms with E-state index < -0.39 is 0 Å². The zero-order valence-corrected chi connectivity index (χ0v) is 17.8. The molecule has 0 aliphatic rings. The molecule has 1 aromatic rings. The molecule has 0 aromatic heterocycles. The van der Waals surface area contributed by atoms with Crippen LogP contribution in [0.25, 0.3) is 0 Å². The number of ether oxygens (including phenoxy) is 2. The minimum absolute atomic E-state index is 0.739. The second-order valence-electron chi connectivity index (χ2n) is 6.60. The Labute approximate surface area is 165 Å². The largest absolute Gasteiger partial charge is 0.497 e. The second kappa shape index (κ2) is 13.7. The quantitative estimate of drug-likeness (QED) is 0.342. The van der Waals surface area contributed by atoms with Gasteiger partial charge >= 0.3 is 0 Å². The first kappa shape index (κ1) is 22.6. The average Bonchev–Trinajstić information content (AvgIpc) is 2.66. The predicted molar refractivity (Wildman–Crippen MR) is 116 cm³/mol. The van der Waals surface area contributed by atoms with Gasteiger partial charge in [0.1, 0.15) is 11.5 Å². The van der Waals surface area contributed by atoms with Crippen molar-refractivity contribution in [3.05, 3.63) is 18.2 Å². The van der Waals surface area contributed by atoms with Crippen molar-refractivity contribution < 1.29 is 9.47 Å². The molecule has 26 heavy (non-hydrogen) atoms.